The van der Waals surface area contributed by atoms with Gasteiger partial charge in [0.05, 0.1) is 0 Å². The van der Waals surface area contributed by atoms with E-state index in [1.54, 1.807) is 0 Å². The summed E-state index contributed by atoms with van der Waals surface area (Å²) in [5.74, 6) is 0.759. The number of benzene rings is 1. The van der Waals surface area contributed by atoms with E-state index in [1.807, 2.05) is 24.3 Å². The molecule has 4 heteroatoms. The number of hydrogen-bond acceptors (Lipinski definition) is 2. The van der Waals surface area contributed by atoms with Gasteiger partial charge in [-0.3, -0.25) is 9.59 Å². The second-order valence-electron chi connectivity index (χ2n) is 6.24. The van der Waals surface area contributed by atoms with E-state index < -0.39 is 0 Å². The van der Waals surface area contributed by atoms with Gasteiger partial charge >= 0.3 is 0 Å². The van der Waals surface area contributed by atoms with Gasteiger partial charge in [0.25, 0.3) is 0 Å². The Labute approximate surface area is 130 Å². The Balaban J connectivity index is 1.56. The van der Waals surface area contributed by atoms with Crippen LogP contribution in [0.1, 0.15) is 37.7 Å². The van der Waals surface area contributed by atoms with Crippen LogP contribution in [0.15, 0.2) is 24.3 Å². The first-order valence-electron chi connectivity index (χ1n) is 7.69. The third-order valence-corrected chi connectivity index (χ3v) is 5.05. The Morgan fingerprint density at radius 3 is 2.38 bits per heavy atom. The van der Waals surface area contributed by atoms with Crippen LogP contribution >= 0.6 is 11.6 Å². The van der Waals surface area contributed by atoms with Gasteiger partial charge in [0, 0.05) is 29.3 Å². The van der Waals surface area contributed by atoms with Crippen LogP contribution < -0.4 is 5.32 Å². The van der Waals surface area contributed by atoms with Crippen LogP contribution in [-0.4, -0.2) is 11.7 Å². The third kappa shape index (κ3) is 3.29. The van der Waals surface area contributed by atoms with Crippen LogP contribution in [0.25, 0.3) is 0 Å². The molecule has 3 rings (SSSR count). The molecule has 0 saturated heterocycles. The molecule has 3 nitrogen and oxygen atoms in total. The summed E-state index contributed by atoms with van der Waals surface area (Å²) >= 11 is 5.84. The van der Waals surface area contributed by atoms with Crippen LogP contribution in [0.2, 0.25) is 5.02 Å². The van der Waals surface area contributed by atoms with Crippen LogP contribution in [-0.2, 0) is 16.1 Å². The largest absolute Gasteiger partial charge is 0.352 e. The van der Waals surface area contributed by atoms with E-state index in [0.29, 0.717) is 17.4 Å². The highest BCUT2D eigenvalue weighted by atomic mass is 35.5. The average molecular weight is 306 g/mol. The number of Topliss-reactive ketones (excluding diaryl/α,β-unsaturated/α-hetero) is 1. The van der Waals surface area contributed by atoms with Crippen molar-refractivity contribution in [2.45, 2.75) is 38.6 Å². The molecule has 0 aliphatic heterocycles. The smallest absolute Gasteiger partial charge is 0.223 e. The molecule has 2 aliphatic carbocycles. The predicted molar refractivity (Wildman–Crippen MR) is 81.9 cm³/mol. The third-order valence-electron chi connectivity index (χ3n) is 4.80. The Morgan fingerprint density at radius 2 is 1.76 bits per heavy atom. The van der Waals surface area contributed by atoms with Crippen molar-refractivity contribution < 1.29 is 9.59 Å². The van der Waals surface area contributed by atoms with Crippen molar-refractivity contribution in [2.24, 2.45) is 17.8 Å². The molecule has 1 amide bonds. The minimum atomic E-state index is 0.00491. The highest BCUT2D eigenvalue weighted by Gasteiger charge is 2.41. The average Bonchev–Trinajstić information content (AvgIpc) is 2.46. The van der Waals surface area contributed by atoms with E-state index in [9.17, 15) is 9.59 Å². The maximum atomic E-state index is 12.3. The molecular formula is C17H20ClNO2. The summed E-state index contributed by atoms with van der Waals surface area (Å²) in [5, 5.41) is 3.70. The van der Waals surface area contributed by atoms with Gasteiger partial charge < -0.3 is 5.32 Å². The summed E-state index contributed by atoms with van der Waals surface area (Å²) in [6, 6.07) is 7.49. The maximum Gasteiger partial charge on any atom is 0.223 e. The maximum absolute atomic E-state index is 12.3. The first-order chi connectivity index (χ1) is 10.1. The zero-order valence-corrected chi connectivity index (χ0v) is 12.7. The molecule has 2 bridgehead atoms. The lowest BCUT2D eigenvalue weighted by molar-refractivity contribution is -0.137. The molecule has 0 spiro atoms. The molecule has 2 saturated carbocycles. The van der Waals surface area contributed by atoms with Crippen LogP contribution in [0, 0.1) is 17.8 Å². The normalized spacial score (nSPS) is 28.2. The Morgan fingerprint density at radius 1 is 1.14 bits per heavy atom. The first kappa shape index (κ1) is 14.6. The van der Waals surface area contributed by atoms with E-state index in [-0.39, 0.29) is 23.7 Å². The Hall–Kier alpha value is -1.35. The molecular weight excluding hydrogens is 286 g/mol. The molecule has 0 heterocycles. The van der Waals surface area contributed by atoms with E-state index in [4.69, 9.17) is 11.6 Å². The number of amides is 1. The van der Waals surface area contributed by atoms with Crippen LogP contribution in [0.3, 0.4) is 0 Å². The lowest BCUT2D eigenvalue weighted by atomic mass is 9.67. The highest BCUT2D eigenvalue weighted by Crippen LogP contribution is 2.40. The molecule has 1 aromatic rings. The van der Waals surface area contributed by atoms with Crippen LogP contribution in [0.5, 0.6) is 0 Å². The Kier molecular flexibility index (Phi) is 4.29. The molecule has 1 aromatic carbocycles. The predicted octanol–water partition coefficient (Wildman–Crippen LogP) is 3.35. The zero-order valence-electron chi connectivity index (χ0n) is 12.0. The topological polar surface area (TPSA) is 46.2 Å². The lowest BCUT2D eigenvalue weighted by Crippen LogP contribution is -2.42. The second-order valence-corrected chi connectivity index (χ2v) is 6.68. The second kappa shape index (κ2) is 6.18. The van der Waals surface area contributed by atoms with Gasteiger partial charge in [0.15, 0.2) is 0 Å². The summed E-state index contributed by atoms with van der Waals surface area (Å²) in [6.07, 6.45) is 4.55. The van der Waals surface area contributed by atoms with Gasteiger partial charge in [-0.2, -0.15) is 0 Å². The van der Waals surface area contributed by atoms with E-state index in [0.717, 1.165) is 37.7 Å². The monoisotopic (exact) mass is 305 g/mol. The van der Waals surface area contributed by atoms with Crippen molar-refractivity contribution in [1.29, 1.82) is 0 Å². The number of carbonyl (C=O) groups is 2. The summed E-state index contributed by atoms with van der Waals surface area (Å²) in [4.78, 5) is 24.4. The minimum Gasteiger partial charge on any atom is -0.352 e. The number of nitrogens with one attached hydrogen (secondary N) is 1. The fourth-order valence-electron chi connectivity index (χ4n) is 3.63. The van der Waals surface area contributed by atoms with E-state index in [2.05, 4.69) is 5.32 Å². The van der Waals surface area contributed by atoms with Crippen LogP contribution in [0.4, 0.5) is 0 Å². The molecule has 2 fully saturated rings. The molecule has 1 N–H and O–H groups in total. The summed E-state index contributed by atoms with van der Waals surface area (Å²) < 4.78 is 0. The zero-order chi connectivity index (χ0) is 14.8. The van der Waals surface area contributed by atoms with Gasteiger partial charge in [-0.05, 0) is 43.4 Å². The fourth-order valence-corrected chi connectivity index (χ4v) is 3.76. The highest BCUT2D eigenvalue weighted by molar-refractivity contribution is 6.30. The Bertz CT molecular complexity index is 524. The van der Waals surface area contributed by atoms with E-state index >= 15 is 0 Å². The molecule has 0 aromatic heterocycles. The number of rotatable bonds is 3. The molecule has 21 heavy (non-hydrogen) atoms. The number of ketones is 1. The molecule has 2 atom stereocenters. The van der Waals surface area contributed by atoms with E-state index in [1.165, 1.54) is 0 Å². The van der Waals surface area contributed by atoms with Gasteiger partial charge in [-0.25, -0.2) is 0 Å². The first-order valence-corrected chi connectivity index (χ1v) is 8.07. The van der Waals surface area contributed by atoms with Crippen molar-refractivity contribution in [3.63, 3.8) is 0 Å². The summed E-state index contributed by atoms with van der Waals surface area (Å²) in [5.41, 5.74) is 1.04. The van der Waals surface area contributed by atoms with Gasteiger partial charge in [0.1, 0.15) is 5.78 Å². The van der Waals surface area contributed by atoms with Gasteiger partial charge in [-0.1, -0.05) is 30.2 Å². The van der Waals surface area contributed by atoms with Crippen molar-refractivity contribution >= 4 is 23.3 Å². The van der Waals surface area contributed by atoms with Crippen molar-refractivity contribution in [3.05, 3.63) is 34.9 Å². The van der Waals surface area contributed by atoms with Crippen molar-refractivity contribution in [2.75, 3.05) is 0 Å². The lowest BCUT2D eigenvalue weighted by Gasteiger charge is -2.36. The minimum absolute atomic E-state index is 0.00491. The molecule has 112 valence electrons. The standard InChI is InChI=1S/C17H20ClNO2/c18-15-6-4-11(5-7-15)10-19-17(21)14-8-12-2-1-3-13(9-14)16(12)20/h4-7,12-14H,1-3,8-10H2,(H,19,21)/t12-,13-/m0/s1. The summed E-state index contributed by atoms with van der Waals surface area (Å²) in [6.45, 7) is 0.524. The van der Waals surface area contributed by atoms with Crippen molar-refractivity contribution in [1.82, 2.24) is 5.32 Å². The summed E-state index contributed by atoms with van der Waals surface area (Å²) in [7, 11) is 0. The quantitative estimate of drug-likeness (QED) is 0.931. The molecule has 0 unspecified atom stereocenters. The van der Waals surface area contributed by atoms with Crippen molar-refractivity contribution in [3.8, 4) is 0 Å². The number of fused-ring (bicyclic) bond motifs is 2. The number of hydrogen-bond donors (Lipinski definition) is 1. The molecule has 2 aliphatic rings. The SMILES string of the molecule is O=C(NCc1ccc(Cl)cc1)C1C[C@@H]2CCC[C@@H](C1)C2=O. The fraction of sp³-hybridized carbons (Fsp3) is 0.529. The number of halogens is 1. The van der Waals surface area contributed by atoms with Gasteiger partial charge in [-0.15, -0.1) is 0 Å². The number of carbonyl (C=O) groups excluding carboxylic acids is 2. The van der Waals surface area contributed by atoms with Gasteiger partial charge in [0.2, 0.25) is 5.91 Å². The molecule has 0 radical (unpaired) electrons.